The molecule has 0 aromatic carbocycles. The van der Waals surface area contributed by atoms with E-state index in [9.17, 15) is 0 Å². The minimum absolute atomic E-state index is 0.215. The van der Waals surface area contributed by atoms with Crippen LogP contribution in [-0.2, 0) is 0 Å². The largest absolute Gasteiger partial charge is 0.480 e. The van der Waals surface area contributed by atoms with Gasteiger partial charge >= 0.3 is 0 Å². The van der Waals surface area contributed by atoms with E-state index >= 15 is 0 Å². The molecule has 0 fully saturated rings. The number of methoxy groups -OCH3 is 1. The molecule has 3 heterocycles. The molecular weight excluding hydrogens is 280 g/mol. The first-order chi connectivity index (χ1) is 9.33. The highest BCUT2D eigenvalue weighted by atomic mass is 32.1. The van der Waals surface area contributed by atoms with Crippen LogP contribution in [0.15, 0.2) is 29.9 Å². The molecule has 3 aromatic rings. The third kappa shape index (κ3) is 2.21. The highest BCUT2D eigenvalue weighted by Gasteiger charge is 2.21. The molecule has 5 nitrogen and oxygen atoms in total. The van der Waals surface area contributed by atoms with Crippen molar-refractivity contribution in [2.45, 2.75) is 6.04 Å². The molecule has 3 aromatic heterocycles. The van der Waals surface area contributed by atoms with Gasteiger partial charge in [0.2, 0.25) is 5.88 Å². The Bertz CT molecular complexity index is 665. The van der Waals surface area contributed by atoms with Crippen molar-refractivity contribution in [3.63, 3.8) is 0 Å². The van der Waals surface area contributed by atoms with E-state index in [0.29, 0.717) is 11.6 Å². The average Bonchev–Trinajstić information content (AvgIpc) is 3.01. The van der Waals surface area contributed by atoms with E-state index in [1.807, 2.05) is 0 Å². The summed E-state index contributed by atoms with van der Waals surface area (Å²) in [5.74, 6) is 6.18. The van der Waals surface area contributed by atoms with E-state index in [1.54, 1.807) is 42.2 Å². The second-order valence-electron chi connectivity index (χ2n) is 3.85. The summed E-state index contributed by atoms with van der Waals surface area (Å²) in [4.78, 5) is 9.59. The molecule has 3 N–H and O–H groups in total. The van der Waals surface area contributed by atoms with Crippen molar-refractivity contribution < 1.29 is 4.74 Å². The van der Waals surface area contributed by atoms with Crippen molar-refractivity contribution >= 4 is 32.1 Å². The quantitative estimate of drug-likeness (QED) is 0.570. The lowest BCUT2D eigenvalue weighted by Crippen LogP contribution is -2.29. The van der Waals surface area contributed by atoms with Crippen molar-refractivity contribution in [1.82, 2.24) is 15.4 Å². The monoisotopic (exact) mass is 292 g/mol. The van der Waals surface area contributed by atoms with Gasteiger partial charge in [-0.15, -0.1) is 22.7 Å². The first-order valence-corrected chi connectivity index (χ1v) is 7.31. The topological polar surface area (TPSA) is 73.1 Å². The van der Waals surface area contributed by atoms with Crippen molar-refractivity contribution in [2.24, 2.45) is 5.84 Å². The molecule has 0 saturated heterocycles. The molecule has 0 spiro atoms. The average molecular weight is 292 g/mol. The van der Waals surface area contributed by atoms with Gasteiger partial charge in [-0.2, -0.15) is 0 Å². The Labute approximate surface area is 118 Å². The fraction of sp³-hybridized carbons (Fsp3) is 0.167. The molecule has 0 amide bonds. The van der Waals surface area contributed by atoms with Gasteiger partial charge in [-0.3, -0.25) is 10.8 Å². The first kappa shape index (κ1) is 12.5. The summed E-state index contributed by atoms with van der Waals surface area (Å²) in [7, 11) is 1.58. The van der Waals surface area contributed by atoms with Gasteiger partial charge in [0.25, 0.3) is 0 Å². The van der Waals surface area contributed by atoms with E-state index < -0.39 is 0 Å². The number of nitrogens with one attached hydrogen (secondary N) is 1. The normalized spacial score (nSPS) is 12.7. The number of nitrogens with zero attached hydrogens (tertiary/aromatic N) is 2. The second-order valence-corrected chi connectivity index (χ2v) is 5.91. The standard InChI is InChI=1S/C12H12N4OS2/c1-17-12-11(14-3-4-15-12)10(16-13)9-6-8-7(19-9)2-5-18-8/h2-6,10,16H,13H2,1H3. The van der Waals surface area contributed by atoms with Crippen LogP contribution in [0.3, 0.4) is 0 Å². The molecular formula is C12H12N4OS2. The van der Waals surface area contributed by atoms with Gasteiger partial charge < -0.3 is 4.74 Å². The van der Waals surface area contributed by atoms with Crippen LogP contribution >= 0.6 is 22.7 Å². The number of fused-ring (bicyclic) bond motifs is 1. The maximum Gasteiger partial charge on any atom is 0.237 e. The first-order valence-electron chi connectivity index (χ1n) is 5.61. The van der Waals surface area contributed by atoms with Gasteiger partial charge in [-0.05, 0) is 17.5 Å². The summed E-state index contributed by atoms with van der Waals surface area (Å²) < 4.78 is 7.75. The van der Waals surface area contributed by atoms with Crippen LogP contribution in [0.25, 0.3) is 9.40 Å². The minimum atomic E-state index is -0.215. The Morgan fingerprint density at radius 1 is 1.32 bits per heavy atom. The number of hydrazine groups is 1. The highest BCUT2D eigenvalue weighted by molar-refractivity contribution is 7.27. The van der Waals surface area contributed by atoms with Crippen LogP contribution in [-0.4, -0.2) is 17.1 Å². The number of thiophene rings is 2. The molecule has 0 aliphatic rings. The Balaban J connectivity index is 2.06. The van der Waals surface area contributed by atoms with Gasteiger partial charge in [-0.25, -0.2) is 10.4 Å². The fourth-order valence-corrected chi connectivity index (χ4v) is 4.10. The van der Waals surface area contributed by atoms with Crippen molar-refractivity contribution in [3.05, 3.63) is 40.5 Å². The number of nitrogens with two attached hydrogens (primary N) is 1. The predicted octanol–water partition coefficient (Wildman–Crippen LogP) is 2.31. The predicted molar refractivity (Wildman–Crippen MR) is 77.5 cm³/mol. The van der Waals surface area contributed by atoms with Crippen LogP contribution in [0.5, 0.6) is 5.88 Å². The number of aromatic nitrogens is 2. The molecule has 1 atom stereocenters. The van der Waals surface area contributed by atoms with Crippen LogP contribution in [0.4, 0.5) is 0 Å². The number of hydrogen-bond donors (Lipinski definition) is 2. The van der Waals surface area contributed by atoms with E-state index in [1.165, 1.54) is 9.40 Å². The lowest BCUT2D eigenvalue weighted by molar-refractivity contribution is 0.383. The second kappa shape index (κ2) is 5.22. The van der Waals surface area contributed by atoms with Crippen molar-refractivity contribution in [3.8, 4) is 5.88 Å². The zero-order chi connectivity index (χ0) is 13.2. The Hall–Kier alpha value is -1.54. The zero-order valence-corrected chi connectivity index (χ0v) is 11.8. The lowest BCUT2D eigenvalue weighted by Gasteiger charge is -2.15. The summed E-state index contributed by atoms with van der Waals surface area (Å²) in [5, 5.41) is 2.08. The number of rotatable bonds is 4. The fourth-order valence-electron chi connectivity index (χ4n) is 1.91. The molecule has 7 heteroatoms. The molecule has 3 rings (SSSR count). The third-order valence-electron chi connectivity index (χ3n) is 2.77. The molecule has 0 bridgehead atoms. The molecule has 1 unspecified atom stereocenters. The molecule has 98 valence electrons. The van der Waals surface area contributed by atoms with Crippen LogP contribution in [0.1, 0.15) is 16.6 Å². The SMILES string of the molecule is COc1nccnc1C(NN)c1cc2sccc2s1. The zero-order valence-electron chi connectivity index (χ0n) is 10.2. The number of ether oxygens (including phenoxy) is 1. The van der Waals surface area contributed by atoms with Gasteiger partial charge in [0, 0.05) is 26.7 Å². The van der Waals surface area contributed by atoms with Crippen molar-refractivity contribution in [1.29, 1.82) is 0 Å². The van der Waals surface area contributed by atoms with E-state index in [2.05, 4.69) is 32.9 Å². The Morgan fingerprint density at radius 2 is 2.16 bits per heavy atom. The maximum atomic E-state index is 5.69. The summed E-state index contributed by atoms with van der Waals surface area (Å²) in [6.45, 7) is 0. The summed E-state index contributed by atoms with van der Waals surface area (Å²) in [5.41, 5.74) is 3.49. The lowest BCUT2D eigenvalue weighted by atomic mass is 10.2. The van der Waals surface area contributed by atoms with Crippen LogP contribution in [0.2, 0.25) is 0 Å². The smallest absolute Gasteiger partial charge is 0.237 e. The molecule has 0 aliphatic heterocycles. The number of hydrogen-bond acceptors (Lipinski definition) is 7. The molecule has 0 saturated carbocycles. The molecule has 19 heavy (non-hydrogen) atoms. The molecule has 0 radical (unpaired) electrons. The van der Waals surface area contributed by atoms with Crippen molar-refractivity contribution in [2.75, 3.05) is 7.11 Å². The Kier molecular flexibility index (Phi) is 3.43. The van der Waals surface area contributed by atoms with E-state index in [4.69, 9.17) is 10.6 Å². The van der Waals surface area contributed by atoms with E-state index in [-0.39, 0.29) is 6.04 Å². The minimum Gasteiger partial charge on any atom is -0.480 e. The Morgan fingerprint density at radius 3 is 2.89 bits per heavy atom. The van der Waals surface area contributed by atoms with Crippen LogP contribution in [0, 0.1) is 0 Å². The maximum absolute atomic E-state index is 5.69. The third-order valence-corrected chi connectivity index (χ3v) is 4.93. The summed E-state index contributed by atoms with van der Waals surface area (Å²) >= 11 is 3.41. The summed E-state index contributed by atoms with van der Waals surface area (Å²) in [6.07, 6.45) is 3.24. The van der Waals surface area contributed by atoms with E-state index in [0.717, 1.165) is 4.88 Å². The highest BCUT2D eigenvalue weighted by Crippen LogP contribution is 2.36. The molecule has 0 aliphatic carbocycles. The van der Waals surface area contributed by atoms with Crippen LogP contribution < -0.4 is 16.0 Å². The van der Waals surface area contributed by atoms with Gasteiger partial charge in [0.1, 0.15) is 11.7 Å². The van der Waals surface area contributed by atoms with Gasteiger partial charge in [-0.1, -0.05) is 0 Å². The summed E-state index contributed by atoms with van der Waals surface area (Å²) in [6, 6.07) is 4.02. The van der Waals surface area contributed by atoms with Gasteiger partial charge in [0.15, 0.2) is 0 Å². The van der Waals surface area contributed by atoms with Gasteiger partial charge in [0.05, 0.1) is 7.11 Å².